The molecule has 2 heterocycles. The summed E-state index contributed by atoms with van der Waals surface area (Å²) in [7, 11) is 0. The second-order valence-corrected chi connectivity index (χ2v) is 4.81. The van der Waals surface area contributed by atoms with Crippen LogP contribution in [0.3, 0.4) is 0 Å². The molecule has 0 aliphatic carbocycles. The molecule has 2 N–H and O–H groups in total. The Kier molecular flexibility index (Phi) is 4.05. The van der Waals surface area contributed by atoms with Gasteiger partial charge in [0.15, 0.2) is 5.54 Å². The highest BCUT2D eigenvalue weighted by Crippen LogP contribution is 2.24. The minimum Gasteiger partial charge on any atom is -0.479 e. The van der Waals surface area contributed by atoms with Crippen LogP contribution in [0.15, 0.2) is 12.3 Å². The lowest BCUT2D eigenvalue weighted by Gasteiger charge is -2.23. The van der Waals surface area contributed by atoms with E-state index >= 15 is 0 Å². The molecule has 0 radical (unpaired) electrons. The van der Waals surface area contributed by atoms with Gasteiger partial charge in [-0.2, -0.15) is 0 Å². The van der Waals surface area contributed by atoms with Crippen LogP contribution in [0.4, 0.5) is 5.69 Å². The molecule has 21 heavy (non-hydrogen) atoms. The molecule has 112 valence electrons. The van der Waals surface area contributed by atoms with E-state index in [-0.39, 0.29) is 30.4 Å². The number of halogens is 1. The Morgan fingerprint density at radius 2 is 2.29 bits per heavy atom. The second kappa shape index (κ2) is 5.62. The molecule has 1 amide bonds. The number of carbonyl (C=O) groups is 2. The molecule has 10 heteroatoms. The second-order valence-electron chi connectivity index (χ2n) is 4.43. The zero-order chi connectivity index (χ0) is 15.6. The van der Waals surface area contributed by atoms with E-state index in [4.69, 9.17) is 16.3 Å². The van der Waals surface area contributed by atoms with Gasteiger partial charge in [0, 0.05) is 13.0 Å². The van der Waals surface area contributed by atoms with Crippen molar-refractivity contribution in [2.75, 3.05) is 13.2 Å². The number of hydrogen-bond acceptors (Lipinski definition) is 6. The molecule has 1 unspecified atom stereocenters. The standard InChI is InChI=1S/C11H10ClN3O6/c12-8-3-6(7(4-13-8)15(19)20)9(16)14-11(10(17)18)1-2-21-5-11/h3-4H,1-2,5H2,(H,14,16)(H,17,18). The Bertz CT molecular complexity index is 614. The molecule has 0 spiro atoms. The van der Waals surface area contributed by atoms with Crippen LogP contribution < -0.4 is 5.32 Å². The van der Waals surface area contributed by atoms with Crippen molar-refractivity contribution in [3.8, 4) is 0 Å². The first kappa shape index (κ1) is 15.1. The molecule has 1 aromatic heterocycles. The van der Waals surface area contributed by atoms with Crippen molar-refractivity contribution in [3.05, 3.63) is 33.1 Å². The first-order valence-corrected chi connectivity index (χ1v) is 6.17. The largest absolute Gasteiger partial charge is 0.479 e. The number of carboxylic acid groups (broad SMARTS) is 1. The average molecular weight is 316 g/mol. The number of carboxylic acids is 1. The van der Waals surface area contributed by atoms with E-state index in [1.165, 1.54) is 0 Å². The van der Waals surface area contributed by atoms with Gasteiger partial charge in [-0.1, -0.05) is 11.6 Å². The van der Waals surface area contributed by atoms with Gasteiger partial charge in [-0.15, -0.1) is 0 Å². The van der Waals surface area contributed by atoms with Gasteiger partial charge < -0.3 is 15.2 Å². The molecule has 1 aliphatic heterocycles. The van der Waals surface area contributed by atoms with Crippen molar-refractivity contribution >= 4 is 29.2 Å². The summed E-state index contributed by atoms with van der Waals surface area (Å²) in [6.45, 7) is -0.0353. The monoisotopic (exact) mass is 315 g/mol. The zero-order valence-electron chi connectivity index (χ0n) is 10.5. The maximum atomic E-state index is 12.2. The van der Waals surface area contributed by atoms with Gasteiger partial charge in [-0.05, 0) is 6.07 Å². The number of nitrogens with one attached hydrogen (secondary N) is 1. The van der Waals surface area contributed by atoms with E-state index in [2.05, 4.69) is 10.3 Å². The summed E-state index contributed by atoms with van der Waals surface area (Å²) in [5.74, 6) is -2.19. The van der Waals surface area contributed by atoms with E-state index in [9.17, 15) is 24.8 Å². The fraction of sp³-hybridized carbons (Fsp3) is 0.364. The predicted octanol–water partition coefficient (Wildman–Crippen LogP) is 0.617. The van der Waals surface area contributed by atoms with Gasteiger partial charge in [-0.3, -0.25) is 14.9 Å². The molecule has 1 saturated heterocycles. The third kappa shape index (κ3) is 2.93. The minimum absolute atomic E-state index is 0.0701. The first-order valence-electron chi connectivity index (χ1n) is 5.79. The fourth-order valence-corrected chi connectivity index (χ4v) is 2.08. The predicted molar refractivity (Wildman–Crippen MR) is 69.2 cm³/mol. The number of aromatic nitrogens is 1. The number of ether oxygens (including phenoxy) is 1. The van der Waals surface area contributed by atoms with Gasteiger partial charge in [0.25, 0.3) is 11.6 Å². The van der Waals surface area contributed by atoms with Crippen molar-refractivity contribution in [2.24, 2.45) is 0 Å². The third-order valence-corrected chi connectivity index (χ3v) is 3.28. The Morgan fingerprint density at radius 3 is 2.81 bits per heavy atom. The molecule has 0 saturated carbocycles. The van der Waals surface area contributed by atoms with Gasteiger partial charge in [0.2, 0.25) is 0 Å². The van der Waals surface area contributed by atoms with Crippen LogP contribution in [-0.4, -0.2) is 45.6 Å². The van der Waals surface area contributed by atoms with Crippen molar-refractivity contribution in [1.82, 2.24) is 10.3 Å². The minimum atomic E-state index is -1.60. The Morgan fingerprint density at radius 1 is 1.57 bits per heavy atom. The number of amides is 1. The molecule has 1 atom stereocenters. The summed E-state index contributed by atoms with van der Waals surface area (Å²) in [5.41, 5.74) is -2.51. The van der Waals surface area contributed by atoms with Crippen LogP contribution in [0.1, 0.15) is 16.8 Å². The summed E-state index contributed by atoms with van der Waals surface area (Å²) in [6, 6.07) is 1.01. The Hall–Kier alpha value is -2.26. The van der Waals surface area contributed by atoms with Crippen molar-refractivity contribution < 1.29 is 24.4 Å². The molecular formula is C11H10ClN3O6. The Balaban J connectivity index is 2.34. The van der Waals surface area contributed by atoms with E-state index < -0.39 is 28.0 Å². The van der Waals surface area contributed by atoms with E-state index in [0.29, 0.717) is 0 Å². The molecule has 1 fully saturated rings. The van der Waals surface area contributed by atoms with Crippen LogP contribution >= 0.6 is 11.6 Å². The first-order chi connectivity index (χ1) is 9.85. The molecule has 2 rings (SSSR count). The zero-order valence-corrected chi connectivity index (χ0v) is 11.3. The fourth-order valence-electron chi connectivity index (χ4n) is 1.92. The molecule has 1 aromatic rings. The van der Waals surface area contributed by atoms with E-state index in [1.54, 1.807) is 0 Å². The normalized spacial score (nSPS) is 21.0. The number of pyridine rings is 1. The Labute approximate surface area is 123 Å². The quantitative estimate of drug-likeness (QED) is 0.472. The SMILES string of the molecule is O=C(NC1(C(=O)O)CCOC1)c1cc(Cl)ncc1[N+](=O)[O-]. The number of nitro groups is 1. The van der Waals surface area contributed by atoms with Crippen LogP contribution in [0.5, 0.6) is 0 Å². The highest BCUT2D eigenvalue weighted by Gasteiger charge is 2.44. The van der Waals surface area contributed by atoms with Crippen molar-refractivity contribution in [3.63, 3.8) is 0 Å². The van der Waals surface area contributed by atoms with Gasteiger partial charge >= 0.3 is 5.97 Å². The summed E-state index contributed by atoms with van der Waals surface area (Å²) in [5, 5.41) is 22.3. The van der Waals surface area contributed by atoms with Crippen molar-refractivity contribution in [1.29, 1.82) is 0 Å². The van der Waals surface area contributed by atoms with Crippen LogP contribution in [0.25, 0.3) is 0 Å². The maximum Gasteiger partial charge on any atom is 0.331 e. The highest BCUT2D eigenvalue weighted by atomic mass is 35.5. The van der Waals surface area contributed by atoms with Gasteiger partial charge in [-0.25, -0.2) is 9.78 Å². The molecular weight excluding hydrogens is 306 g/mol. The molecule has 0 bridgehead atoms. The topological polar surface area (TPSA) is 132 Å². The number of aliphatic carboxylic acids is 1. The van der Waals surface area contributed by atoms with E-state index in [0.717, 1.165) is 12.3 Å². The van der Waals surface area contributed by atoms with Crippen LogP contribution in [-0.2, 0) is 9.53 Å². The average Bonchev–Trinajstić information content (AvgIpc) is 2.88. The highest BCUT2D eigenvalue weighted by molar-refractivity contribution is 6.29. The molecule has 9 nitrogen and oxygen atoms in total. The van der Waals surface area contributed by atoms with E-state index in [1.807, 2.05) is 0 Å². The molecule has 0 aromatic carbocycles. The molecule has 1 aliphatic rings. The lowest BCUT2D eigenvalue weighted by molar-refractivity contribution is -0.385. The summed E-state index contributed by atoms with van der Waals surface area (Å²) in [4.78, 5) is 37.1. The third-order valence-electron chi connectivity index (χ3n) is 3.07. The lowest BCUT2D eigenvalue weighted by Crippen LogP contribution is -2.55. The van der Waals surface area contributed by atoms with Gasteiger partial charge in [0.1, 0.15) is 16.9 Å². The van der Waals surface area contributed by atoms with Gasteiger partial charge in [0.05, 0.1) is 11.5 Å². The number of nitrogens with zero attached hydrogens (tertiary/aromatic N) is 2. The number of carbonyl (C=O) groups excluding carboxylic acids is 1. The summed E-state index contributed by atoms with van der Waals surface area (Å²) < 4.78 is 4.99. The van der Waals surface area contributed by atoms with Crippen molar-refractivity contribution in [2.45, 2.75) is 12.0 Å². The summed E-state index contributed by atoms with van der Waals surface area (Å²) in [6.07, 6.45) is 0.913. The van der Waals surface area contributed by atoms with Crippen LogP contribution in [0.2, 0.25) is 5.15 Å². The summed E-state index contributed by atoms with van der Waals surface area (Å²) >= 11 is 5.62. The van der Waals surface area contributed by atoms with Crippen LogP contribution in [0, 0.1) is 10.1 Å². The number of hydrogen-bond donors (Lipinski definition) is 2. The number of rotatable bonds is 4. The smallest absolute Gasteiger partial charge is 0.331 e. The maximum absolute atomic E-state index is 12.2. The lowest BCUT2D eigenvalue weighted by atomic mass is 9.98.